The Kier molecular flexibility index (Phi) is 4.55. The van der Waals surface area contributed by atoms with E-state index in [-0.39, 0.29) is 5.69 Å². The molecule has 1 heterocycles. The standard InChI is InChI=1S/C15H13ClN2O3/c1-10-3-2-4-13(17-10)15(21)18(9-14(19)20)12-7-5-11(16)6-8-12/h2-8H,9H2,1H3,(H,19,20). The molecule has 0 aliphatic rings. The van der Waals surface area contributed by atoms with Gasteiger partial charge in [0.05, 0.1) is 0 Å². The van der Waals surface area contributed by atoms with Crippen molar-refractivity contribution in [2.24, 2.45) is 0 Å². The van der Waals surface area contributed by atoms with Crippen molar-refractivity contribution in [3.05, 3.63) is 58.9 Å². The second-order valence-corrected chi connectivity index (χ2v) is 4.86. The first-order valence-corrected chi connectivity index (χ1v) is 6.58. The summed E-state index contributed by atoms with van der Waals surface area (Å²) in [4.78, 5) is 28.8. The lowest BCUT2D eigenvalue weighted by molar-refractivity contribution is -0.135. The zero-order valence-electron chi connectivity index (χ0n) is 11.3. The zero-order chi connectivity index (χ0) is 15.4. The van der Waals surface area contributed by atoms with Gasteiger partial charge in [0.2, 0.25) is 0 Å². The third kappa shape index (κ3) is 3.79. The molecule has 1 amide bonds. The number of hydrogen-bond acceptors (Lipinski definition) is 3. The maximum atomic E-state index is 12.5. The second kappa shape index (κ2) is 6.37. The van der Waals surface area contributed by atoms with Gasteiger partial charge in [-0.1, -0.05) is 17.7 Å². The Labute approximate surface area is 126 Å². The Hall–Kier alpha value is -2.40. The van der Waals surface area contributed by atoms with E-state index in [4.69, 9.17) is 16.7 Å². The molecule has 0 fully saturated rings. The molecule has 0 aliphatic heterocycles. The number of rotatable bonds is 4. The lowest BCUT2D eigenvalue weighted by Crippen LogP contribution is -2.36. The van der Waals surface area contributed by atoms with E-state index >= 15 is 0 Å². The van der Waals surface area contributed by atoms with Gasteiger partial charge in [-0.3, -0.25) is 14.5 Å². The number of nitrogens with zero attached hydrogens (tertiary/aromatic N) is 2. The smallest absolute Gasteiger partial charge is 0.323 e. The Morgan fingerprint density at radius 3 is 2.43 bits per heavy atom. The highest BCUT2D eigenvalue weighted by atomic mass is 35.5. The topological polar surface area (TPSA) is 70.5 Å². The van der Waals surface area contributed by atoms with Crippen molar-refractivity contribution in [3.63, 3.8) is 0 Å². The molecule has 0 saturated carbocycles. The predicted octanol–water partition coefficient (Wildman–Crippen LogP) is 2.77. The van der Waals surface area contributed by atoms with Crippen LogP contribution < -0.4 is 4.90 Å². The number of anilines is 1. The van der Waals surface area contributed by atoms with E-state index in [2.05, 4.69) is 4.98 Å². The number of aliphatic carboxylic acids is 1. The van der Waals surface area contributed by atoms with Gasteiger partial charge in [0.15, 0.2) is 0 Å². The highest BCUT2D eigenvalue weighted by molar-refractivity contribution is 6.30. The molecule has 108 valence electrons. The molecule has 2 rings (SSSR count). The number of carbonyl (C=O) groups excluding carboxylic acids is 1. The summed E-state index contributed by atoms with van der Waals surface area (Å²) in [6.45, 7) is 1.32. The molecule has 0 aliphatic carbocycles. The lowest BCUT2D eigenvalue weighted by Gasteiger charge is -2.20. The molecule has 5 nitrogen and oxygen atoms in total. The highest BCUT2D eigenvalue weighted by Crippen LogP contribution is 2.19. The Morgan fingerprint density at radius 1 is 1.19 bits per heavy atom. The molecule has 0 bridgehead atoms. The molecule has 0 unspecified atom stereocenters. The fourth-order valence-corrected chi connectivity index (χ4v) is 1.96. The zero-order valence-corrected chi connectivity index (χ0v) is 12.0. The Bertz CT molecular complexity index is 671. The Balaban J connectivity index is 2.38. The Morgan fingerprint density at radius 2 is 1.86 bits per heavy atom. The largest absolute Gasteiger partial charge is 0.480 e. The molecule has 1 N–H and O–H groups in total. The minimum Gasteiger partial charge on any atom is -0.480 e. The molecule has 0 spiro atoms. The van der Waals surface area contributed by atoms with Crippen LogP contribution in [0, 0.1) is 6.92 Å². The van der Waals surface area contributed by atoms with E-state index in [0.717, 1.165) is 4.90 Å². The number of carbonyl (C=O) groups is 2. The van der Waals surface area contributed by atoms with E-state index in [1.54, 1.807) is 49.4 Å². The average Bonchev–Trinajstić information content (AvgIpc) is 2.45. The van der Waals surface area contributed by atoms with E-state index in [1.807, 2.05) is 0 Å². The van der Waals surface area contributed by atoms with Gasteiger partial charge in [0, 0.05) is 16.4 Å². The van der Waals surface area contributed by atoms with Crippen LogP contribution in [0.25, 0.3) is 0 Å². The molecule has 1 aromatic carbocycles. The normalized spacial score (nSPS) is 10.2. The van der Waals surface area contributed by atoms with Crippen LogP contribution >= 0.6 is 11.6 Å². The summed E-state index contributed by atoms with van der Waals surface area (Å²) in [5.74, 6) is -1.57. The van der Waals surface area contributed by atoms with E-state index in [9.17, 15) is 9.59 Å². The number of pyridine rings is 1. The summed E-state index contributed by atoms with van der Waals surface area (Å²) >= 11 is 5.81. The van der Waals surface area contributed by atoms with Crippen LogP contribution in [0.1, 0.15) is 16.2 Å². The van der Waals surface area contributed by atoms with Crippen LogP contribution in [-0.2, 0) is 4.79 Å². The first kappa shape index (κ1) is 15.0. The van der Waals surface area contributed by atoms with Crippen LogP contribution in [0.5, 0.6) is 0 Å². The summed E-state index contributed by atoms with van der Waals surface area (Å²) in [5.41, 5.74) is 1.34. The summed E-state index contributed by atoms with van der Waals surface area (Å²) in [6, 6.07) is 11.4. The molecule has 0 radical (unpaired) electrons. The van der Waals surface area contributed by atoms with Crippen LogP contribution in [0.4, 0.5) is 5.69 Å². The van der Waals surface area contributed by atoms with Crippen molar-refractivity contribution >= 4 is 29.2 Å². The number of hydrogen-bond donors (Lipinski definition) is 1. The quantitative estimate of drug-likeness (QED) is 0.943. The van der Waals surface area contributed by atoms with Gasteiger partial charge in [0.25, 0.3) is 5.91 Å². The van der Waals surface area contributed by atoms with Gasteiger partial charge in [-0.15, -0.1) is 0 Å². The van der Waals surface area contributed by atoms with Gasteiger partial charge >= 0.3 is 5.97 Å². The van der Waals surface area contributed by atoms with Gasteiger partial charge in [-0.2, -0.15) is 0 Å². The van der Waals surface area contributed by atoms with Crippen LogP contribution in [0.15, 0.2) is 42.5 Å². The molecular formula is C15H13ClN2O3. The first-order valence-electron chi connectivity index (χ1n) is 6.20. The molecule has 0 saturated heterocycles. The first-order chi connectivity index (χ1) is 9.97. The third-order valence-electron chi connectivity index (χ3n) is 2.78. The lowest BCUT2D eigenvalue weighted by atomic mass is 10.2. The SMILES string of the molecule is Cc1cccc(C(=O)N(CC(=O)O)c2ccc(Cl)cc2)n1. The number of halogens is 1. The van der Waals surface area contributed by atoms with Gasteiger partial charge in [-0.25, -0.2) is 4.98 Å². The number of amides is 1. The van der Waals surface area contributed by atoms with Crippen molar-refractivity contribution < 1.29 is 14.7 Å². The predicted molar refractivity (Wildman–Crippen MR) is 79.7 cm³/mol. The average molecular weight is 305 g/mol. The van der Waals surface area contributed by atoms with E-state index < -0.39 is 18.4 Å². The number of carboxylic acid groups (broad SMARTS) is 1. The van der Waals surface area contributed by atoms with Crippen LogP contribution in [0.2, 0.25) is 5.02 Å². The third-order valence-corrected chi connectivity index (χ3v) is 3.04. The molecular weight excluding hydrogens is 292 g/mol. The summed E-state index contributed by atoms with van der Waals surface area (Å²) in [6.07, 6.45) is 0. The van der Waals surface area contributed by atoms with Crippen molar-refractivity contribution in [2.45, 2.75) is 6.92 Å². The summed E-state index contributed by atoms with van der Waals surface area (Å²) in [7, 11) is 0. The number of carboxylic acids is 1. The van der Waals surface area contributed by atoms with Crippen molar-refractivity contribution in [2.75, 3.05) is 11.4 Å². The summed E-state index contributed by atoms with van der Waals surface area (Å²) < 4.78 is 0. The van der Waals surface area contributed by atoms with Crippen LogP contribution in [-0.4, -0.2) is 28.5 Å². The van der Waals surface area contributed by atoms with E-state index in [1.165, 1.54) is 0 Å². The molecule has 6 heteroatoms. The minimum absolute atomic E-state index is 0.200. The minimum atomic E-state index is -1.11. The maximum Gasteiger partial charge on any atom is 0.323 e. The van der Waals surface area contributed by atoms with E-state index in [0.29, 0.717) is 16.4 Å². The van der Waals surface area contributed by atoms with Crippen LogP contribution in [0.3, 0.4) is 0 Å². The van der Waals surface area contributed by atoms with Gasteiger partial charge in [0.1, 0.15) is 12.2 Å². The molecule has 1 aromatic heterocycles. The van der Waals surface area contributed by atoms with Gasteiger partial charge in [-0.05, 0) is 43.3 Å². The second-order valence-electron chi connectivity index (χ2n) is 4.43. The van der Waals surface area contributed by atoms with Crippen molar-refractivity contribution in [3.8, 4) is 0 Å². The summed E-state index contributed by atoms with van der Waals surface area (Å²) in [5, 5.41) is 9.52. The van der Waals surface area contributed by atoms with Gasteiger partial charge < -0.3 is 5.11 Å². The maximum absolute atomic E-state index is 12.5. The fourth-order valence-electron chi connectivity index (χ4n) is 1.84. The molecule has 21 heavy (non-hydrogen) atoms. The number of benzene rings is 1. The molecule has 2 aromatic rings. The highest BCUT2D eigenvalue weighted by Gasteiger charge is 2.21. The number of aryl methyl sites for hydroxylation is 1. The van der Waals surface area contributed by atoms with Crippen molar-refractivity contribution in [1.29, 1.82) is 0 Å². The number of aromatic nitrogens is 1. The monoisotopic (exact) mass is 304 g/mol. The fraction of sp³-hybridized carbons (Fsp3) is 0.133. The molecule has 0 atom stereocenters. The van der Waals surface area contributed by atoms with Crippen molar-refractivity contribution in [1.82, 2.24) is 4.98 Å².